The smallest absolute Gasteiger partial charge is 0.331 e. The molecule has 0 unspecified atom stereocenters. The van der Waals surface area contributed by atoms with Gasteiger partial charge in [0.25, 0.3) is 10.0 Å². The standard InChI is InChI=1S/C27H23N3O4S2/c1-2-34-21-15-11-20(12-16-21)29-36(32,33)22-17-13-19(14-18-22)28-27(31)30-23-7-3-5-9-25(23)35-26-10-6-4-8-24(26)30/h3-18,29H,2H2,1H3,(H,28,31). The number of urea groups is 1. The minimum Gasteiger partial charge on any atom is -0.494 e. The average molecular weight is 518 g/mol. The third kappa shape index (κ3) is 4.89. The molecule has 0 spiro atoms. The van der Waals surface area contributed by atoms with E-state index in [-0.39, 0.29) is 10.9 Å². The van der Waals surface area contributed by atoms with E-state index in [1.54, 1.807) is 53.1 Å². The third-order valence-corrected chi connectivity index (χ3v) is 8.00. The molecule has 0 saturated carbocycles. The van der Waals surface area contributed by atoms with Gasteiger partial charge < -0.3 is 10.1 Å². The van der Waals surface area contributed by atoms with Gasteiger partial charge in [-0.05, 0) is 79.7 Å². The Labute approximate surface area is 214 Å². The number of benzene rings is 4. The van der Waals surface area contributed by atoms with Gasteiger partial charge in [-0.1, -0.05) is 36.0 Å². The topological polar surface area (TPSA) is 87.7 Å². The van der Waals surface area contributed by atoms with E-state index in [0.717, 1.165) is 21.2 Å². The lowest BCUT2D eigenvalue weighted by molar-refractivity contribution is 0.259. The molecule has 1 heterocycles. The molecule has 36 heavy (non-hydrogen) atoms. The Morgan fingerprint density at radius 3 is 1.94 bits per heavy atom. The molecule has 5 rings (SSSR count). The monoisotopic (exact) mass is 517 g/mol. The quantitative estimate of drug-likeness (QED) is 0.296. The number of ether oxygens (including phenoxy) is 1. The molecule has 0 atom stereocenters. The summed E-state index contributed by atoms with van der Waals surface area (Å²) < 4.78 is 33.6. The van der Waals surface area contributed by atoms with E-state index < -0.39 is 10.0 Å². The van der Waals surface area contributed by atoms with Crippen molar-refractivity contribution in [3.63, 3.8) is 0 Å². The molecule has 0 fully saturated rings. The van der Waals surface area contributed by atoms with Crippen molar-refractivity contribution in [1.82, 2.24) is 0 Å². The van der Waals surface area contributed by atoms with Crippen LogP contribution >= 0.6 is 11.8 Å². The number of hydrogen-bond acceptors (Lipinski definition) is 5. The van der Waals surface area contributed by atoms with Crippen LogP contribution in [0.25, 0.3) is 0 Å². The van der Waals surface area contributed by atoms with E-state index in [0.29, 0.717) is 23.7 Å². The van der Waals surface area contributed by atoms with Crippen LogP contribution in [0.5, 0.6) is 5.75 Å². The van der Waals surface area contributed by atoms with Crippen LogP contribution in [0, 0.1) is 0 Å². The molecule has 182 valence electrons. The summed E-state index contributed by atoms with van der Waals surface area (Å²) >= 11 is 1.62. The van der Waals surface area contributed by atoms with Crippen molar-refractivity contribution in [2.45, 2.75) is 21.6 Å². The Morgan fingerprint density at radius 2 is 1.36 bits per heavy atom. The molecule has 0 radical (unpaired) electrons. The molecule has 0 aliphatic carbocycles. The lowest BCUT2D eigenvalue weighted by Gasteiger charge is -2.31. The summed E-state index contributed by atoms with van der Waals surface area (Å²) in [4.78, 5) is 17.0. The van der Waals surface area contributed by atoms with Gasteiger partial charge in [-0.25, -0.2) is 13.2 Å². The number of nitrogens with zero attached hydrogens (tertiary/aromatic N) is 1. The van der Waals surface area contributed by atoms with Gasteiger partial charge in [0, 0.05) is 21.2 Å². The number of amides is 2. The van der Waals surface area contributed by atoms with E-state index in [1.165, 1.54) is 12.1 Å². The summed E-state index contributed by atoms with van der Waals surface area (Å²) in [6.45, 7) is 2.41. The number of sulfonamides is 1. The fourth-order valence-corrected chi connectivity index (χ4v) is 5.94. The molecule has 2 N–H and O–H groups in total. The van der Waals surface area contributed by atoms with Gasteiger partial charge >= 0.3 is 6.03 Å². The molecule has 2 amide bonds. The van der Waals surface area contributed by atoms with Crippen molar-refractivity contribution < 1.29 is 17.9 Å². The fourth-order valence-electron chi connectivity index (χ4n) is 3.82. The second-order valence-electron chi connectivity index (χ2n) is 7.89. The van der Waals surface area contributed by atoms with Gasteiger partial charge in [-0.3, -0.25) is 9.62 Å². The first-order valence-corrected chi connectivity index (χ1v) is 13.6. The minimum absolute atomic E-state index is 0.0828. The minimum atomic E-state index is -3.80. The van der Waals surface area contributed by atoms with E-state index >= 15 is 0 Å². The zero-order valence-corrected chi connectivity index (χ0v) is 21.0. The molecule has 0 bridgehead atoms. The van der Waals surface area contributed by atoms with Crippen molar-refractivity contribution in [1.29, 1.82) is 0 Å². The number of anilines is 4. The summed E-state index contributed by atoms with van der Waals surface area (Å²) in [5.74, 6) is 0.665. The molecule has 1 aliphatic heterocycles. The Balaban J connectivity index is 1.33. The normalized spacial score (nSPS) is 12.3. The SMILES string of the molecule is CCOc1ccc(NS(=O)(=O)c2ccc(NC(=O)N3c4ccccc4Sc4ccccc43)cc2)cc1. The lowest BCUT2D eigenvalue weighted by Crippen LogP contribution is -2.32. The predicted molar refractivity (Wildman–Crippen MR) is 143 cm³/mol. The van der Waals surface area contributed by atoms with E-state index in [1.807, 2.05) is 55.5 Å². The van der Waals surface area contributed by atoms with Crippen LogP contribution in [0.15, 0.2) is 112 Å². The summed E-state index contributed by atoms with van der Waals surface area (Å²) in [5.41, 5.74) is 2.49. The fraction of sp³-hybridized carbons (Fsp3) is 0.0741. The lowest BCUT2D eigenvalue weighted by atomic mass is 10.2. The Kier molecular flexibility index (Phi) is 6.58. The van der Waals surface area contributed by atoms with Crippen molar-refractivity contribution in [2.24, 2.45) is 0 Å². The maximum atomic E-state index is 13.4. The van der Waals surface area contributed by atoms with Crippen molar-refractivity contribution in [3.8, 4) is 5.75 Å². The van der Waals surface area contributed by atoms with Crippen molar-refractivity contribution >= 4 is 50.6 Å². The first kappa shape index (κ1) is 23.8. The third-order valence-electron chi connectivity index (χ3n) is 5.47. The number of nitrogens with one attached hydrogen (secondary N) is 2. The van der Waals surface area contributed by atoms with Crippen LogP contribution in [0.3, 0.4) is 0 Å². The number of carbonyl (C=O) groups excluding carboxylic acids is 1. The molecule has 0 saturated heterocycles. The summed E-state index contributed by atoms with van der Waals surface area (Å²) in [6, 6.07) is 27.8. The number of rotatable bonds is 6. The highest BCUT2D eigenvalue weighted by atomic mass is 32.2. The van der Waals surface area contributed by atoms with Gasteiger partial charge in [0.1, 0.15) is 5.75 Å². The molecule has 0 aromatic heterocycles. The average Bonchev–Trinajstić information content (AvgIpc) is 2.88. The van der Waals surface area contributed by atoms with Crippen LogP contribution < -0.4 is 19.7 Å². The first-order valence-electron chi connectivity index (χ1n) is 11.3. The van der Waals surface area contributed by atoms with Crippen LogP contribution in [0.4, 0.5) is 27.5 Å². The van der Waals surface area contributed by atoms with Crippen molar-refractivity contribution in [3.05, 3.63) is 97.1 Å². The van der Waals surface area contributed by atoms with Crippen molar-refractivity contribution in [2.75, 3.05) is 21.5 Å². The zero-order valence-electron chi connectivity index (χ0n) is 19.3. The molecule has 9 heteroatoms. The summed E-state index contributed by atoms with van der Waals surface area (Å²) in [6.07, 6.45) is 0. The number of carbonyl (C=O) groups is 1. The molecule has 4 aromatic rings. The second kappa shape index (κ2) is 9.96. The summed E-state index contributed by atoms with van der Waals surface area (Å²) in [5, 5.41) is 2.89. The highest BCUT2D eigenvalue weighted by Gasteiger charge is 2.28. The highest BCUT2D eigenvalue weighted by molar-refractivity contribution is 7.99. The van der Waals surface area contributed by atoms with E-state index in [4.69, 9.17) is 4.74 Å². The Morgan fingerprint density at radius 1 is 0.806 bits per heavy atom. The van der Waals surface area contributed by atoms with Gasteiger partial charge in [0.15, 0.2) is 0 Å². The van der Waals surface area contributed by atoms with E-state index in [2.05, 4.69) is 10.0 Å². The predicted octanol–water partition coefficient (Wildman–Crippen LogP) is 6.72. The largest absolute Gasteiger partial charge is 0.494 e. The summed E-state index contributed by atoms with van der Waals surface area (Å²) in [7, 11) is -3.80. The first-order chi connectivity index (χ1) is 17.4. The van der Waals surface area contributed by atoms with Gasteiger partial charge in [0.05, 0.1) is 22.9 Å². The van der Waals surface area contributed by atoms with Crippen LogP contribution in [0.2, 0.25) is 0 Å². The number of para-hydroxylation sites is 2. The molecule has 4 aromatic carbocycles. The maximum Gasteiger partial charge on any atom is 0.331 e. The number of fused-ring (bicyclic) bond motifs is 2. The molecule has 1 aliphatic rings. The molecule has 7 nitrogen and oxygen atoms in total. The van der Waals surface area contributed by atoms with Gasteiger partial charge in [0.2, 0.25) is 0 Å². The molecular weight excluding hydrogens is 494 g/mol. The Hall–Kier alpha value is -3.95. The van der Waals surface area contributed by atoms with Crippen LogP contribution in [0.1, 0.15) is 6.92 Å². The second-order valence-corrected chi connectivity index (χ2v) is 10.7. The Bertz CT molecular complexity index is 1460. The maximum absolute atomic E-state index is 13.4. The van der Waals surface area contributed by atoms with Crippen LogP contribution in [-0.2, 0) is 10.0 Å². The van der Waals surface area contributed by atoms with Gasteiger partial charge in [-0.2, -0.15) is 0 Å². The van der Waals surface area contributed by atoms with E-state index in [9.17, 15) is 13.2 Å². The van der Waals surface area contributed by atoms with Gasteiger partial charge in [-0.15, -0.1) is 0 Å². The molecular formula is C27H23N3O4S2. The zero-order chi connectivity index (χ0) is 25.1. The number of hydrogen-bond donors (Lipinski definition) is 2. The highest BCUT2D eigenvalue weighted by Crippen LogP contribution is 2.48. The van der Waals surface area contributed by atoms with Crippen LogP contribution in [-0.4, -0.2) is 21.1 Å².